The molecule has 0 spiro atoms. The molecule has 2 aromatic heterocycles. The van der Waals surface area contributed by atoms with Crippen LogP contribution in [0.25, 0.3) is 0 Å². The van der Waals surface area contributed by atoms with Crippen LogP contribution in [-0.4, -0.2) is 25.7 Å². The highest BCUT2D eigenvalue weighted by Gasteiger charge is 2.30. The van der Waals surface area contributed by atoms with Crippen molar-refractivity contribution in [2.45, 2.75) is 46.1 Å². The Balaban J connectivity index is 1.72. The summed E-state index contributed by atoms with van der Waals surface area (Å²) in [5, 5.41) is 7.26. The Labute approximate surface area is 130 Å². The Hall–Kier alpha value is -2.24. The van der Waals surface area contributed by atoms with Crippen LogP contribution in [0, 0.1) is 12.8 Å². The number of aromatic nitrogens is 4. The molecule has 6 heteroatoms. The Morgan fingerprint density at radius 2 is 2.09 bits per heavy atom. The van der Waals surface area contributed by atoms with Gasteiger partial charge in [0.2, 0.25) is 0 Å². The van der Waals surface area contributed by atoms with E-state index in [1.54, 1.807) is 12.4 Å². The van der Waals surface area contributed by atoms with Gasteiger partial charge in [-0.25, -0.2) is 9.97 Å². The van der Waals surface area contributed by atoms with Gasteiger partial charge in [0.1, 0.15) is 5.82 Å². The maximum Gasteiger partial charge on any atom is 0.276 e. The Kier molecular flexibility index (Phi) is 3.92. The molecular formula is C16H21N5O. The number of nitrogens with zero attached hydrogens (tertiary/aromatic N) is 4. The molecule has 1 unspecified atom stereocenters. The zero-order valence-corrected chi connectivity index (χ0v) is 13.2. The fourth-order valence-electron chi connectivity index (χ4n) is 2.59. The van der Waals surface area contributed by atoms with Crippen LogP contribution in [0.15, 0.2) is 18.5 Å². The minimum absolute atomic E-state index is 0.224. The van der Waals surface area contributed by atoms with Gasteiger partial charge in [-0.3, -0.25) is 9.48 Å². The van der Waals surface area contributed by atoms with E-state index in [0.29, 0.717) is 23.3 Å². The molecule has 116 valence electrons. The zero-order chi connectivity index (χ0) is 15.7. The molecular weight excluding hydrogens is 278 g/mol. The van der Waals surface area contributed by atoms with Crippen LogP contribution in [0.1, 0.15) is 54.7 Å². The summed E-state index contributed by atoms with van der Waals surface area (Å²) in [6.07, 6.45) is 6.53. The summed E-state index contributed by atoms with van der Waals surface area (Å²) >= 11 is 0. The molecule has 1 fully saturated rings. The van der Waals surface area contributed by atoms with Gasteiger partial charge in [-0.2, -0.15) is 5.10 Å². The van der Waals surface area contributed by atoms with E-state index in [2.05, 4.69) is 27.3 Å². The number of aryl methyl sites for hydroxylation is 2. The standard InChI is InChI=1S/C16H21N5O/c1-4-15-17-8-13(9-18-15)19-16(22)14-7-10(2)21(20-14)11(3)12-5-6-12/h7-9,11-12H,4-6H2,1-3H3,(H,19,22). The monoisotopic (exact) mass is 299 g/mol. The van der Waals surface area contributed by atoms with Gasteiger partial charge in [0.25, 0.3) is 5.91 Å². The van der Waals surface area contributed by atoms with Crippen LogP contribution in [0.4, 0.5) is 5.69 Å². The number of anilines is 1. The molecule has 0 radical (unpaired) electrons. The Morgan fingerprint density at radius 3 is 2.68 bits per heavy atom. The van der Waals surface area contributed by atoms with E-state index in [9.17, 15) is 4.79 Å². The SMILES string of the molecule is CCc1ncc(NC(=O)c2cc(C)n(C(C)C3CC3)n2)cn1. The average molecular weight is 299 g/mol. The van der Waals surface area contributed by atoms with Crippen molar-refractivity contribution in [3.05, 3.63) is 35.7 Å². The lowest BCUT2D eigenvalue weighted by molar-refractivity contribution is 0.102. The van der Waals surface area contributed by atoms with Gasteiger partial charge in [-0.05, 0) is 38.7 Å². The molecule has 3 rings (SSSR count). The molecule has 1 N–H and O–H groups in total. The number of hydrogen-bond acceptors (Lipinski definition) is 4. The van der Waals surface area contributed by atoms with E-state index in [4.69, 9.17) is 0 Å². The number of amides is 1. The number of nitrogens with one attached hydrogen (secondary N) is 1. The molecule has 2 heterocycles. The van der Waals surface area contributed by atoms with Crippen molar-refractivity contribution in [3.63, 3.8) is 0 Å². The molecule has 1 saturated carbocycles. The Bertz CT molecular complexity index is 672. The molecule has 22 heavy (non-hydrogen) atoms. The lowest BCUT2D eigenvalue weighted by Gasteiger charge is -2.12. The van der Waals surface area contributed by atoms with Gasteiger partial charge in [0, 0.05) is 12.1 Å². The predicted octanol–water partition coefficient (Wildman–Crippen LogP) is 2.77. The first-order chi connectivity index (χ1) is 10.6. The van der Waals surface area contributed by atoms with Crippen molar-refractivity contribution in [1.82, 2.24) is 19.7 Å². The zero-order valence-electron chi connectivity index (χ0n) is 13.2. The maximum atomic E-state index is 12.3. The lowest BCUT2D eigenvalue weighted by Crippen LogP contribution is -2.15. The van der Waals surface area contributed by atoms with Crippen LogP contribution in [-0.2, 0) is 6.42 Å². The molecule has 1 amide bonds. The van der Waals surface area contributed by atoms with Crippen LogP contribution < -0.4 is 5.32 Å². The topological polar surface area (TPSA) is 72.7 Å². The number of hydrogen-bond donors (Lipinski definition) is 1. The molecule has 0 aliphatic heterocycles. The summed E-state index contributed by atoms with van der Waals surface area (Å²) in [4.78, 5) is 20.6. The summed E-state index contributed by atoms with van der Waals surface area (Å²) in [7, 11) is 0. The number of rotatable bonds is 5. The first-order valence-electron chi connectivity index (χ1n) is 7.77. The molecule has 0 saturated heterocycles. The van der Waals surface area contributed by atoms with E-state index in [-0.39, 0.29) is 5.91 Å². The second-order valence-corrected chi connectivity index (χ2v) is 5.89. The number of carbonyl (C=O) groups is 1. The molecule has 0 bridgehead atoms. The van der Waals surface area contributed by atoms with E-state index >= 15 is 0 Å². The first kappa shape index (κ1) is 14.7. The van der Waals surface area contributed by atoms with Crippen LogP contribution in [0.5, 0.6) is 0 Å². The average Bonchev–Trinajstić information content (AvgIpc) is 3.30. The normalized spacial score (nSPS) is 15.6. The highest BCUT2D eigenvalue weighted by atomic mass is 16.2. The molecule has 6 nitrogen and oxygen atoms in total. The van der Waals surface area contributed by atoms with Crippen molar-refractivity contribution >= 4 is 11.6 Å². The van der Waals surface area contributed by atoms with Crippen molar-refractivity contribution in [2.75, 3.05) is 5.32 Å². The van der Waals surface area contributed by atoms with Gasteiger partial charge in [-0.1, -0.05) is 6.92 Å². The summed E-state index contributed by atoms with van der Waals surface area (Å²) in [6.45, 7) is 6.14. The third-order valence-electron chi connectivity index (χ3n) is 4.12. The van der Waals surface area contributed by atoms with Crippen LogP contribution in [0.2, 0.25) is 0 Å². The van der Waals surface area contributed by atoms with E-state index in [1.165, 1.54) is 12.8 Å². The largest absolute Gasteiger partial charge is 0.318 e. The number of carbonyl (C=O) groups excluding carboxylic acids is 1. The molecule has 1 aliphatic carbocycles. The smallest absolute Gasteiger partial charge is 0.276 e. The molecule has 1 atom stereocenters. The van der Waals surface area contributed by atoms with E-state index in [0.717, 1.165) is 17.9 Å². The fraction of sp³-hybridized carbons (Fsp3) is 0.500. The third-order valence-corrected chi connectivity index (χ3v) is 4.12. The lowest BCUT2D eigenvalue weighted by atomic mass is 10.2. The van der Waals surface area contributed by atoms with Gasteiger partial charge in [-0.15, -0.1) is 0 Å². The van der Waals surface area contributed by atoms with Crippen LogP contribution >= 0.6 is 0 Å². The molecule has 2 aromatic rings. The van der Waals surface area contributed by atoms with Crippen molar-refractivity contribution < 1.29 is 4.79 Å². The third kappa shape index (κ3) is 3.00. The Morgan fingerprint density at radius 1 is 1.41 bits per heavy atom. The van der Waals surface area contributed by atoms with Gasteiger partial charge >= 0.3 is 0 Å². The summed E-state index contributed by atoms with van der Waals surface area (Å²) in [5.41, 5.74) is 2.04. The van der Waals surface area contributed by atoms with Crippen molar-refractivity contribution in [3.8, 4) is 0 Å². The van der Waals surface area contributed by atoms with Crippen molar-refractivity contribution in [2.24, 2.45) is 5.92 Å². The highest BCUT2D eigenvalue weighted by Crippen LogP contribution is 2.39. The predicted molar refractivity (Wildman–Crippen MR) is 83.8 cm³/mol. The fourth-order valence-corrected chi connectivity index (χ4v) is 2.59. The second kappa shape index (κ2) is 5.87. The first-order valence-corrected chi connectivity index (χ1v) is 7.77. The maximum absolute atomic E-state index is 12.3. The molecule has 0 aromatic carbocycles. The highest BCUT2D eigenvalue weighted by molar-refractivity contribution is 6.02. The van der Waals surface area contributed by atoms with E-state index < -0.39 is 0 Å². The van der Waals surface area contributed by atoms with Gasteiger partial charge < -0.3 is 5.32 Å². The second-order valence-electron chi connectivity index (χ2n) is 5.89. The summed E-state index contributed by atoms with van der Waals surface area (Å²) in [6, 6.07) is 2.18. The summed E-state index contributed by atoms with van der Waals surface area (Å²) < 4.78 is 1.96. The molecule has 1 aliphatic rings. The van der Waals surface area contributed by atoms with E-state index in [1.807, 2.05) is 24.6 Å². The van der Waals surface area contributed by atoms with Gasteiger partial charge in [0.15, 0.2) is 5.69 Å². The van der Waals surface area contributed by atoms with Crippen molar-refractivity contribution in [1.29, 1.82) is 0 Å². The summed E-state index contributed by atoms with van der Waals surface area (Å²) in [5.74, 6) is 1.23. The minimum Gasteiger partial charge on any atom is -0.318 e. The van der Waals surface area contributed by atoms with Crippen LogP contribution in [0.3, 0.4) is 0 Å². The quantitative estimate of drug-likeness (QED) is 0.921. The minimum atomic E-state index is -0.224. The van der Waals surface area contributed by atoms with Gasteiger partial charge in [0.05, 0.1) is 24.1 Å².